The third kappa shape index (κ3) is 2.90. The fourth-order valence-corrected chi connectivity index (χ4v) is 2.95. The lowest BCUT2D eigenvalue weighted by molar-refractivity contribution is 0.340. The summed E-state index contributed by atoms with van der Waals surface area (Å²) in [4.78, 5) is 13.4. The predicted molar refractivity (Wildman–Crippen MR) is 92.7 cm³/mol. The van der Waals surface area contributed by atoms with E-state index in [1.165, 1.54) is 0 Å². The van der Waals surface area contributed by atoms with Gasteiger partial charge < -0.3 is 15.4 Å². The van der Waals surface area contributed by atoms with E-state index in [4.69, 9.17) is 4.74 Å². The number of nitrogens with one attached hydrogen (secondary N) is 2. The quantitative estimate of drug-likeness (QED) is 0.747. The van der Waals surface area contributed by atoms with Gasteiger partial charge in [0.1, 0.15) is 17.9 Å². The van der Waals surface area contributed by atoms with Gasteiger partial charge >= 0.3 is 0 Å². The summed E-state index contributed by atoms with van der Waals surface area (Å²) in [6, 6.07) is 6.27. The van der Waals surface area contributed by atoms with Gasteiger partial charge in [0.05, 0.1) is 30.0 Å². The molecule has 0 saturated carbocycles. The minimum atomic E-state index is 0.402. The van der Waals surface area contributed by atoms with Gasteiger partial charge in [0, 0.05) is 18.7 Å². The van der Waals surface area contributed by atoms with Crippen LogP contribution < -0.4 is 15.4 Å². The van der Waals surface area contributed by atoms with Crippen LogP contribution in [0.15, 0.2) is 36.9 Å². The van der Waals surface area contributed by atoms with Gasteiger partial charge in [0.15, 0.2) is 5.82 Å². The molecular weight excluding hydrogens is 304 g/mol. The lowest BCUT2D eigenvalue weighted by Gasteiger charge is -2.12. The van der Waals surface area contributed by atoms with E-state index in [-0.39, 0.29) is 0 Å². The molecule has 1 saturated heterocycles. The van der Waals surface area contributed by atoms with Crippen molar-refractivity contribution in [1.29, 1.82) is 0 Å². The maximum absolute atomic E-state index is 5.59. The molecule has 1 unspecified atom stereocenters. The fourth-order valence-electron chi connectivity index (χ4n) is 2.95. The molecule has 0 amide bonds. The molecule has 7 heteroatoms. The molecule has 4 rings (SSSR count). The Balaban J connectivity index is 1.67. The van der Waals surface area contributed by atoms with Crippen LogP contribution in [0.1, 0.15) is 13.3 Å². The third-order valence-electron chi connectivity index (χ3n) is 4.11. The highest BCUT2D eigenvalue weighted by Crippen LogP contribution is 2.22. The van der Waals surface area contributed by atoms with Crippen molar-refractivity contribution in [2.75, 3.05) is 25.0 Å². The summed E-state index contributed by atoms with van der Waals surface area (Å²) >= 11 is 0. The van der Waals surface area contributed by atoms with Gasteiger partial charge in [-0.05, 0) is 32.0 Å². The molecule has 0 radical (unpaired) electrons. The Hall–Kier alpha value is -2.67. The van der Waals surface area contributed by atoms with Crippen molar-refractivity contribution in [2.24, 2.45) is 0 Å². The predicted octanol–water partition coefficient (Wildman–Crippen LogP) is 1.99. The van der Waals surface area contributed by atoms with Gasteiger partial charge in [-0.1, -0.05) is 0 Å². The number of anilines is 1. The average Bonchev–Trinajstić information content (AvgIpc) is 3.24. The van der Waals surface area contributed by atoms with Gasteiger partial charge in [-0.3, -0.25) is 9.55 Å². The number of hydrogen-bond donors (Lipinski definition) is 2. The summed E-state index contributed by atoms with van der Waals surface area (Å²) in [5.74, 6) is 2.34. The SMILES string of the molecule is CCOc1ccc2ncn(-c3cncc(NC4CCNC4)n3)c2c1. The number of ether oxygens (including phenoxy) is 1. The molecule has 1 fully saturated rings. The Bertz CT molecular complexity index is 840. The number of imidazole rings is 1. The lowest BCUT2D eigenvalue weighted by atomic mass is 10.2. The molecule has 2 aromatic heterocycles. The van der Waals surface area contributed by atoms with Gasteiger partial charge in [-0.15, -0.1) is 0 Å². The largest absolute Gasteiger partial charge is 0.494 e. The van der Waals surface area contributed by atoms with E-state index in [0.717, 1.165) is 47.9 Å². The standard InChI is InChI=1S/C17H20N6O/c1-2-24-13-3-4-14-15(7-13)23(11-20-14)17-10-19-9-16(22-17)21-12-5-6-18-8-12/h3-4,7,9-12,18H,2,5-6,8H2,1H3,(H,21,22). The first-order valence-corrected chi connectivity index (χ1v) is 8.23. The van der Waals surface area contributed by atoms with E-state index in [0.29, 0.717) is 12.6 Å². The minimum absolute atomic E-state index is 0.402. The molecule has 7 nitrogen and oxygen atoms in total. The molecule has 1 aliphatic rings. The van der Waals surface area contributed by atoms with Gasteiger partial charge in [-0.25, -0.2) is 9.97 Å². The van der Waals surface area contributed by atoms with Crippen LogP contribution in [0.25, 0.3) is 16.9 Å². The topological polar surface area (TPSA) is 76.9 Å². The second kappa shape index (κ2) is 6.45. The Morgan fingerprint density at radius 3 is 3.17 bits per heavy atom. The molecule has 24 heavy (non-hydrogen) atoms. The molecule has 0 spiro atoms. The number of nitrogens with zero attached hydrogens (tertiary/aromatic N) is 4. The van der Waals surface area contributed by atoms with Crippen molar-refractivity contribution in [3.8, 4) is 11.6 Å². The Labute approximate surface area is 140 Å². The molecule has 3 aromatic rings. The smallest absolute Gasteiger partial charge is 0.159 e. The van der Waals surface area contributed by atoms with Crippen molar-refractivity contribution in [1.82, 2.24) is 24.8 Å². The summed E-state index contributed by atoms with van der Waals surface area (Å²) in [5.41, 5.74) is 1.86. The molecule has 0 bridgehead atoms. The van der Waals surface area contributed by atoms with E-state index in [1.54, 1.807) is 18.7 Å². The van der Waals surface area contributed by atoms with E-state index in [2.05, 4.69) is 25.6 Å². The fraction of sp³-hybridized carbons (Fsp3) is 0.353. The van der Waals surface area contributed by atoms with Crippen molar-refractivity contribution in [3.63, 3.8) is 0 Å². The summed E-state index contributed by atoms with van der Waals surface area (Å²) in [7, 11) is 0. The molecular formula is C17H20N6O. The minimum Gasteiger partial charge on any atom is -0.494 e. The Kier molecular flexibility index (Phi) is 4.00. The number of hydrogen-bond acceptors (Lipinski definition) is 6. The Morgan fingerprint density at radius 2 is 2.33 bits per heavy atom. The van der Waals surface area contributed by atoms with Crippen molar-refractivity contribution in [3.05, 3.63) is 36.9 Å². The van der Waals surface area contributed by atoms with Crippen LogP contribution in [0, 0.1) is 0 Å². The normalized spacial score (nSPS) is 17.3. The zero-order chi connectivity index (χ0) is 16.4. The van der Waals surface area contributed by atoms with Crippen LogP contribution in [0.2, 0.25) is 0 Å². The second-order valence-electron chi connectivity index (χ2n) is 5.79. The summed E-state index contributed by atoms with van der Waals surface area (Å²) in [6.45, 7) is 4.60. The molecule has 1 aliphatic heterocycles. The van der Waals surface area contributed by atoms with Crippen LogP contribution in [-0.2, 0) is 0 Å². The van der Waals surface area contributed by atoms with Crippen molar-refractivity contribution >= 4 is 16.9 Å². The van der Waals surface area contributed by atoms with E-state index in [1.807, 2.05) is 29.7 Å². The monoisotopic (exact) mass is 324 g/mol. The van der Waals surface area contributed by atoms with E-state index in [9.17, 15) is 0 Å². The number of rotatable bonds is 5. The zero-order valence-corrected chi connectivity index (χ0v) is 13.6. The highest BCUT2D eigenvalue weighted by Gasteiger charge is 2.15. The van der Waals surface area contributed by atoms with Crippen LogP contribution >= 0.6 is 0 Å². The molecule has 2 N–H and O–H groups in total. The van der Waals surface area contributed by atoms with Crippen molar-refractivity contribution < 1.29 is 4.74 Å². The summed E-state index contributed by atoms with van der Waals surface area (Å²) < 4.78 is 7.52. The van der Waals surface area contributed by atoms with Gasteiger partial charge in [-0.2, -0.15) is 0 Å². The Morgan fingerprint density at radius 1 is 1.38 bits per heavy atom. The summed E-state index contributed by atoms with van der Waals surface area (Å²) in [6.07, 6.45) is 6.36. The highest BCUT2D eigenvalue weighted by molar-refractivity contribution is 5.78. The number of fused-ring (bicyclic) bond motifs is 1. The summed E-state index contributed by atoms with van der Waals surface area (Å²) in [5, 5.41) is 6.77. The van der Waals surface area contributed by atoms with E-state index >= 15 is 0 Å². The molecule has 124 valence electrons. The zero-order valence-electron chi connectivity index (χ0n) is 13.6. The maximum Gasteiger partial charge on any atom is 0.159 e. The lowest BCUT2D eigenvalue weighted by Crippen LogP contribution is -2.23. The average molecular weight is 324 g/mol. The van der Waals surface area contributed by atoms with Gasteiger partial charge in [0.25, 0.3) is 0 Å². The number of benzene rings is 1. The van der Waals surface area contributed by atoms with Crippen LogP contribution in [-0.4, -0.2) is 45.3 Å². The third-order valence-corrected chi connectivity index (χ3v) is 4.11. The molecule has 1 atom stereocenters. The van der Waals surface area contributed by atoms with Crippen LogP contribution in [0.4, 0.5) is 5.82 Å². The maximum atomic E-state index is 5.59. The molecule has 0 aliphatic carbocycles. The van der Waals surface area contributed by atoms with E-state index < -0.39 is 0 Å². The first kappa shape index (κ1) is 14.9. The van der Waals surface area contributed by atoms with Gasteiger partial charge in [0.2, 0.25) is 0 Å². The first-order chi connectivity index (χ1) is 11.8. The van der Waals surface area contributed by atoms with Crippen LogP contribution in [0.3, 0.4) is 0 Å². The second-order valence-corrected chi connectivity index (χ2v) is 5.79. The van der Waals surface area contributed by atoms with Crippen molar-refractivity contribution in [2.45, 2.75) is 19.4 Å². The molecule has 1 aromatic carbocycles. The molecule has 3 heterocycles. The van der Waals surface area contributed by atoms with Crippen LogP contribution in [0.5, 0.6) is 5.75 Å². The highest BCUT2D eigenvalue weighted by atomic mass is 16.5. The number of aromatic nitrogens is 4. The first-order valence-electron chi connectivity index (χ1n) is 8.23.